The summed E-state index contributed by atoms with van der Waals surface area (Å²) >= 11 is 0. The van der Waals surface area contributed by atoms with Crippen LogP contribution in [0.5, 0.6) is 5.75 Å². The highest BCUT2D eigenvalue weighted by atomic mass is 16.6. The molecule has 2 rings (SSSR count). The Morgan fingerprint density at radius 1 is 1.11 bits per heavy atom. The van der Waals surface area contributed by atoms with Gasteiger partial charge in [0, 0.05) is 12.2 Å². The standard InChI is InChI=1S/C28H37N3O5/c1-8-16-31(26(34)23(18(2)3)30-27(35)36-28(5,6)7)24(20-13-11-14-21(32)17-20)25(33)29-22-15-10-9-12-19(22)4/h8-15,17-18,23-24,32H,1,16H2,2-7H3,(H,29,33)(H,30,35). The molecule has 0 radical (unpaired) electrons. The second-order valence-electron chi connectivity index (χ2n) is 9.95. The average molecular weight is 496 g/mol. The average Bonchev–Trinajstić information content (AvgIpc) is 2.77. The monoisotopic (exact) mass is 495 g/mol. The molecule has 0 spiro atoms. The Bertz CT molecular complexity index is 1090. The number of hydrogen-bond donors (Lipinski definition) is 3. The van der Waals surface area contributed by atoms with Crippen molar-refractivity contribution in [2.75, 3.05) is 11.9 Å². The number of rotatable bonds is 9. The minimum absolute atomic E-state index is 0.0273. The maximum atomic E-state index is 13.9. The first-order valence-corrected chi connectivity index (χ1v) is 11.9. The van der Waals surface area contributed by atoms with E-state index >= 15 is 0 Å². The Morgan fingerprint density at radius 3 is 2.33 bits per heavy atom. The SMILES string of the molecule is C=CCN(C(=O)C(NC(=O)OC(C)(C)C)C(C)C)C(C(=O)Nc1ccccc1C)c1cccc(O)c1. The Kier molecular flexibility index (Phi) is 9.67. The van der Waals surface area contributed by atoms with Crippen LogP contribution in [0.4, 0.5) is 10.5 Å². The minimum atomic E-state index is -1.11. The van der Waals surface area contributed by atoms with Crippen LogP contribution in [0.15, 0.2) is 61.2 Å². The molecule has 0 heterocycles. The number of hydrogen-bond acceptors (Lipinski definition) is 5. The largest absolute Gasteiger partial charge is 0.508 e. The van der Waals surface area contributed by atoms with E-state index in [0.717, 1.165) is 5.56 Å². The lowest BCUT2D eigenvalue weighted by Gasteiger charge is -2.35. The van der Waals surface area contributed by atoms with E-state index in [4.69, 9.17) is 4.74 Å². The van der Waals surface area contributed by atoms with E-state index in [1.54, 1.807) is 58.9 Å². The van der Waals surface area contributed by atoms with Crippen molar-refractivity contribution in [2.45, 2.75) is 59.2 Å². The number of para-hydroxylation sites is 1. The van der Waals surface area contributed by atoms with Gasteiger partial charge in [-0.2, -0.15) is 0 Å². The normalized spacial score (nSPS) is 12.9. The van der Waals surface area contributed by atoms with Gasteiger partial charge in [-0.15, -0.1) is 6.58 Å². The number of nitrogens with zero attached hydrogens (tertiary/aromatic N) is 1. The Balaban J connectivity index is 2.50. The van der Waals surface area contributed by atoms with Crippen molar-refractivity contribution in [2.24, 2.45) is 5.92 Å². The number of anilines is 1. The molecular weight excluding hydrogens is 458 g/mol. The second-order valence-corrected chi connectivity index (χ2v) is 9.95. The Morgan fingerprint density at radius 2 is 1.78 bits per heavy atom. The summed E-state index contributed by atoms with van der Waals surface area (Å²) < 4.78 is 5.36. The molecule has 2 aromatic carbocycles. The quantitative estimate of drug-likeness (QED) is 0.427. The summed E-state index contributed by atoms with van der Waals surface area (Å²) in [7, 11) is 0. The number of aryl methyl sites for hydroxylation is 1. The van der Waals surface area contributed by atoms with Crippen molar-refractivity contribution in [1.82, 2.24) is 10.2 Å². The number of benzene rings is 2. The first-order valence-electron chi connectivity index (χ1n) is 11.9. The van der Waals surface area contributed by atoms with Crippen LogP contribution >= 0.6 is 0 Å². The number of alkyl carbamates (subject to hydrolysis) is 1. The van der Waals surface area contributed by atoms with Crippen molar-refractivity contribution < 1.29 is 24.2 Å². The van der Waals surface area contributed by atoms with Gasteiger partial charge in [-0.25, -0.2) is 4.79 Å². The fraction of sp³-hybridized carbons (Fsp3) is 0.393. The van der Waals surface area contributed by atoms with Gasteiger partial charge >= 0.3 is 6.09 Å². The first-order chi connectivity index (χ1) is 16.8. The van der Waals surface area contributed by atoms with Gasteiger partial charge in [-0.3, -0.25) is 9.59 Å². The molecule has 0 aliphatic carbocycles. The van der Waals surface area contributed by atoms with E-state index in [1.807, 2.05) is 19.1 Å². The molecule has 0 aliphatic rings. The first kappa shape index (κ1) is 28.4. The van der Waals surface area contributed by atoms with E-state index in [-0.39, 0.29) is 18.2 Å². The molecule has 0 aliphatic heterocycles. The third-order valence-corrected chi connectivity index (χ3v) is 5.36. The number of aromatic hydroxyl groups is 1. The van der Waals surface area contributed by atoms with Gasteiger partial charge in [0.2, 0.25) is 5.91 Å². The Labute approximate surface area is 213 Å². The summed E-state index contributed by atoms with van der Waals surface area (Å²) in [5.74, 6) is -1.30. The number of phenols is 1. The van der Waals surface area contributed by atoms with Gasteiger partial charge in [0.25, 0.3) is 5.91 Å². The molecule has 0 aromatic heterocycles. The van der Waals surface area contributed by atoms with Crippen LogP contribution < -0.4 is 10.6 Å². The van der Waals surface area contributed by atoms with E-state index < -0.39 is 35.6 Å². The zero-order chi connectivity index (χ0) is 27.0. The van der Waals surface area contributed by atoms with Crippen LogP contribution in [-0.2, 0) is 14.3 Å². The van der Waals surface area contributed by atoms with Crippen molar-refractivity contribution in [1.29, 1.82) is 0 Å². The summed E-state index contributed by atoms with van der Waals surface area (Å²) in [5, 5.41) is 15.7. The van der Waals surface area contributed by atoms with Gasteiger partial charge in [0.05, 0.1) is 0 Å². The smallest absolute Gasteiger partial charge is 0.408 e. The van der Waals surface area contributed by atoms with Crippen LogP contribution in [0, 0.1) is 12.8 Å². The lowest BCUT2D eigenvalue weighted by Crippen LogP contribution is -2.54. The molecule has 2 unspecified atom stereocenters. The van der Waals surface area contributed by atoms with Gasteiger partial charge in [-0.05, 0) is 62.9 Å². The number of carbonyl (C=O) groups excluding carboxylic acids is 3. The third kappa shape index (κ3) is 7.86. The van der Waals surface area contributed by atoms with E-state index in [1.165, 1.54) is 23.1 Å². The molecule has 2 atom stereocenters. The molecule has 3 N–H and O–H groups in total. The molecule has 2 aromatic rings. The number of ether oxygens (including phenoxy) is 1. The summed E-state index contributed by atoms with van der Waals surface area (Å²) in [6, 6.07) is 11.4. The number of nitrogens with one attached hydrogen (secondary N) is 2. The zero-order valence-corrected chi connectivity index (χ0v) is 21.9. The van der Waals surface area contributed by atoms with E-state index in [0.29, 0.717) is 11.3 Å². The fourth-order valence-electron chi connectivity index (χ4n) is 3.67. The predicted octanol–water partition coefficient (Wildman–Crippen LogP) is 4.94. The minimum Gasteiger partial charge on any atom is -0.508 e. The van der Waals surface area contributed by atoms with Crippen molar-refractivity contribution in [3.05, 3.63) is 72.3 Å². The maximum absolute atomic E-state index is 13.9. The summed E-state index contributed by atoms with van der Waals surface area (Å²) in [4.78, 5) is 41.4. The Hall–Kier alpha value is -3.81. The lowest BCUT2D eigenvalue weighted by atomic mass is 9.98. The number of carbonyl (C=O) groups is 3. The van der Waals surface area contributed by atoms with E-state index in [2.05, 4.69) is 17.2 Å². The molecule has 0 fully saturated rings. The van der Waals surface area contributed by atoms with Crippen molar-refractivity contribution in [3.63, 3.8) is 0 Å². The van der Waals surface area contributed by atoms with E-state index in [9.17, 15) is 19.5 Å². The highest BCUT2D eigenvalue weighted by Crippen LogP contribution is 2.28. The summed E-state index contributed by atoms with van der Waals surface area (Å²) in [6.07, 6.45) is 0.783. The maximum Gasteiger partial charge on any atom is 0.408 e. The molecule has 3 amide bonds. The third-order valence-electron chi connectivity index (χ3n) is 5.36. The van der Waals surface area contributed by atoms with Gasteiger partial charge < -0.3 is 25.4 Å². The zero-order valence-electron chi connectivity index (χ0n) is 21.9. The summed E-state index contributed by atoms with van der Waals surface area (Å²) in [6.45, 7) is 14.4. The molecule has 0 bridgehead atoms. The number of amides is 3. The van der Waals surface area contributed by atoms with Crippen LogP contribution in [-0.4, -0.2) is 46.1 Å². The molecule has 8 nitrogen and oxygen atoms in total. The topological polar surface area (TPSA) is 108 Å². The highest BCUT2D eigenvalue weighted by Gasteiger charge is 2.37. The molecule has 194 valence electrons. The predicted molar refractivity (Wildman–Crippen MR) is 141 cm³/mol. The van der Waals surface area contributed by atoms with Gasteiger partial charge in [0.15, 0.2) is 0 Å². The molecule has 8 heteroatoms. The fourth-order valence-corrected chi connectivity index (χ4v) is 3.67. The molecule has 36 heavy (non-hydrogen) atoms. The van der Waals surface area contributed by atoms with Gasteiger partial charge in [0.1, 0.15) is 23.4 Å². The van der Waals surface area contributed by atoms with Crippen LogP contribution in [0.1, 0.15) is 51.8 Å². The number of phenolic OH excluding ortho intramolecular Hbond substituents is 1. The summed E-state index contributed by atoms with van der Waals surface area (Å²) in [5.41, 5.74) is 1.13. The molecule has 0 saturated carbocycles. The second kappa shape index (κ2) is 12.2. The molecule has 0 saturated heterocycles. The van der Waals surface area contributed by atoms with Crippen LogP contribution in [0.2, 0.25) is 0 Å². The highest BCUT2D eigenvalue weighted by molar-refractivity contribution is 5.99. The molecular formula is C28H37N3O5. The lowest BCUT2D eigenvalue weighted by molar-refractivity contribution is -0.141. The van der Waals surface area contributed by atoms with Gasteiger partial charge in [-0.1, -0.05) is 50.3 Å². The van der Waals surface area contributed by atoms with Crippen molar-refractivity contribution in [3.8, 4) is 5.75 Å². The van der Waals surface area contributed by atoms with Crippen LogP contribution in [0.25, 0.3) is 0 Å². The van der Waals surface area contributed by atoms with Crippen LogP contribution in [0.3, 0.4) is 0 Å². The van der Waals surface area contributed by atoms with Crippen molar-refractivity contribution >= 4 is 23.6 Å².